The Bertz CT molecular complexity index is 924. The van der Waals surface area contributed by atoms with Crippen molar-refractivity contribution < 1.29 is 23.6 Å². The molecule has 0 aromatic heterocycles. The Morgan fingerprint density at radius 2 is 1.76 bits per heavy atom. The summed E-state index contributed by atoms with van der Waals surface area (Å²) in [6, 6.07) is 10.5. The van der Waals surface area contributed by atoms with Crippen LogP contribution in [0.4, 0.5) is 15.8 Å². The minimum absolute atomic E-state index is 0.177. The molecule has 0 N–H and O–H groups in total. The third-order valence-electron chi connectivity index (χ3n) is 4.79. The van der Waals surface area contributed by atoms with Gasteiger partial charge in [0.05, 0.1) is 4.92 Å². The molecule has 1 saturated heterocycles. The minimum atomic E-state index is -0.904. The van der Waals surface area contributed by atoms with Crippen LogP contribution in [-0.2, 0) is 9.53 Å². The molecule has 1 aliphatic rings. The van der Waals surface area contributed by atoms with Gasteiger partial charge in [-0.2, -0.15) is 0 Å². The summed E-state index contributed by atoms with van der Waals surface area (Å²) in [7, 11) is 0. The summed E-state index contributed by atoms with van der Waals surface area (Å²) < 4.78 is 18.1. The fourth-order valence-electron chi connectivity index (χ4n) is 3.23. The molecule has 152 valence electrons. The molecule has 1 heterocycles. The number of hydrogen-bond donors (Lipinski definition) is 0. The molecular weight excluding hydrogens is 381 g/mol. The van der Waals surface area contributed by atoms with Gasteiger partial charge in [-0.05, 0) is 37.3 Å². The van der Waals surface area contributed by atoms with Crippen LogP contribution in [0.25, 0.3) is 0 Å². The lowest BCUT2D eigenvalue weighted by Crippen LogP contribution is -2.49. The summed E-state index contributed by atoms with van der Waals surface area (Å²) in [5.74, 6) is -1.58. The summed E-state index contributed by atoms with van der Waals surface area (Å²) in [4.78, 5) is 38.8. The van der Waals surface area contributed by atoms with Crippen molar-refractivity contribution in [3.05, 3.63) is 69.5 Å². The summed E-state index contributed by atoms with van der Waals surface area (Å²) in [6.07, 6.45) is 0. The highest BCUT2D eigenvalue weighted by Crippen LogP contribution is 2.24. The molecular formula is C20H20FN3O5. The molecule has 9 heteroatoms. The van der Waals surface area contributed by atoms with E-state index >= 15 is 0 Å². The van der Waals surface area contributed by atoms with E-state index in [1.165, 1.54) is 37.3 Å². The zero-order valence-corrected chi connectivity index (χ0v) is 15.8. The van der Waals surface area contributed by atoms with Gasteiger partial charge in [0.2, 0.25) is 0 Å². The van der Waals surface area contributed by atoms with E-state index in [-0.39, 0.29) is 23.0 Å². The van der Waals surface area contributed by atoms with E-state index in [1.807, 2.05) is 4.90 Å². The zero-order chi connectivity index (χ0) is 21.0. The van der Waals surface area contributed by atoms with Crippen molar-refractivity contribution in [2.45, 2.75) is 6.92 Å². The maximum absolute atomic E-state index is 13.0. The number of nitro benzene ring substituents is 1. The quantitative estimate of drug-likeness (QED) is 0.434. The first-order valence-corrected chi connectivity index (χ1v) is 9.06. The fourth-order valence-corrected chi connectivity index (χ4v) is 3.23. The first-order chi connectivity index (χ1) is 13.9. The van der Waals surface area contributed by atoms with E-state index in [9.17, 15) is 24.1 Å². The van der Waals surface area contributed by atoms with Crippen molar-refractivity contribution in [2.75, 3.05) is 37.7 Å². The number of carbonyl (C=O) groups excluding carboxylic acids is 2. The van der Waals surface area contributed by atoms with Gasteiger partial charge in [-0.25, -0.2) is 9.18 Å². The normalized spacial score (nSPS) is 13.9. The van der Waals surface area contributed by atoms with Crippen molar-refractivity contribution in [1.82, 2.24) is 4.90 Å². The number of piperazine rings is 1. The third-order valence-corrected chi connectivity index (χ3v) is 4.79. The summed E-state index contributed by atoms with van der Waals surface area (Å²) in [5, 5.41) is 11.2. The van der Waals surface area contributed by atoms with Crippen molar-refractivity contribution in [3.63, 3.8) is 0 Å². The Hall–Kier alpha value is -3.49. The van der Waals surface area contributed by atoms with Gasteiger partial charge in [-0.3, -0.25) is 14.9 Å². The first kappa shape index (κ1) is 20.2. The van der Waals surface area contributed by atoms with E-state index in [0.29, 0.717) is 31.7 Å². The largest absolute Gasteiger partial charge is 0.452 e. The van der Waals surface area contributed by atoms with Gasteiger partial charge in [-0.1, -0.05) is 12.1 Å². The van der Waals surface area contributed by atoms with Gasteiger partial charge in [-0.15, -0.1) is 0 Å². The number of halogens is 1. The first-order valence-electron chi connectivity index (χ1n) is 9.06. The second-order valence-electron chi connectivity index (χ2n) is 6.65. The number of aryl methyl sites for hydroxylation is 1. The molecule has 0 bridgehead atoms. The van der Waals surface area contributed by atoms with Crippen molar-refractivity contribution in [1.29, 1.82) is 0 Å². The molecule has 1 amide bonds. The number of para-hydroxylation sites is 1. The third kappa shape index (κ3) is 4.68. The van der Waals surface area contributed by atoms with Gasteiger partial charge in [0.25, 0.3) is 11.6 Å². The molecule has 1 aliphatic heterocycles. The number of nitrogens with zero attached hydrogens (tertiary/aromatic N) is 3. The highest BCUT2D eigenvalue weighted by Gasteiger charge is 2.26. The monoisotopic (exact) mass is 401 g/mol. The summed E-state index contributed by atoms with van der Waals surface area (Å²) in [6.45, 7) is 3.03. The second kappa shape index (κ2) is 8.68. The topological polar surface area (TPSA) is 93.0 Å². The van der Waals surface area contributed by atoms with Crippen LogP contribution in [0, 0.1) is 22.9 Å². The Balaban J connectivity index is 1.54. The molecule has 0 atom stereocenters. The fraction of sp³-hybridized carbons (Fsp3) is 0.300. The van der Waals surface area contributed by atoms with Crippen LogP contribution in [0.3, 0.4) is 0 Å². The van der Waals surface area contributed by atoms with Gasteiger partial charge < -0.3 is 14.5 Å². The van der Waals surface area contributed by atoms with E-state index < -0.39 is 17.5 Å². The van der Waals surface area contributed by atoms with Crippen LogP contribution >= 0.6 is 0 Å². The van der Waals surface area contributed by atoms with Crippen LogP contribution in [0.5, 0.6) is 0 Å². The van der Waals surface area contributed by atoms with Crippen LogP contribution in [-0.4, -0.2) is 54.5 Å². The van der Waals surface area contributed by atoms with E-state index in [1.54, 1.807) is 17.0 Å². The molecule has 3 rings (SSSR count). The highest BCUT2D eigenvalue weighted by molar-refractivity contribution is 5.95. The van der Waals surface area contributed by atoms with Crippen molar-refractivity contribution in [3.8, 4) is 0 Å². The lowest BCUT2D eigenvalue weighted by molar-refractivity contribution is -0.385. The predicted octanol–water partition coefficient (Wildman–Crippen LogP) is 2.55. The van der Waals surface area contributed by atoms with Gasteiger partial charge in [0, 0.05) is 37.4 Å². The Morgan fingerprint density at radius 3 is 2.38 bits per heavy atom. The number of benzene rings is 2. The molecule has 1 fully saturated rings. The predicted molar refractivity (Wildman–Crippen MR) is 103 cm³/mol. The Morgan fingerprint density at radius 1 is 1.10 bits per heavy atom. The maximum Gasteiger partial charge on any atom is 0.345 e. The van der Waals surface area contributed by atoms with Crippen LogP contribution < -0.4 is 4.90 Å². The smallest absolute Gasteiger partial charge is 0.345 e. The summed E-state index contributed by atoms with van der Waals surface area (Å²) in [5.41, 5.74) is 0.714. The van der Waals surface area contributed by atoms with Crippen LogP contribution in [0.2, 0.25) is 0 Å². The molecule has 0 aliphatic carbocycles. The lowest BCUT2D eigenvalue weighted by Gasteiger charge is -2.36. The Kier molecular flexibility index (Phi) is 6.06. The molecule has 29 heavy (non-hydrogen) atoms. The lowest BCUT2D eigenvalue weighted by atomic mass is 10.1. The molecule has 2 aromatic carbocycles. The molecule has 0 radical (unpaired) electrons. The van der Waals surface area contributed by atoms with E-state index in [2.05, 4.69) is 0 Å². The van der Waals surface area contributed by atoms with E-state index in [0.717, 1.165) is 5.69 Å². The average Bonchev–Trinajstić information content (AvgIpc) is 2.72. The molecule has 2 aromatic rings. The number of nitro groups is 1. The van der Waals surface area contributed by atoms with Crippen LogP contribution in [0.15, 0.2) is 42.5 Å². The molecule has 0 unspecified atom stereocenters. The van der Waals surface area contributed by atoms with Gasteiger partial charge in [0.1, 0.15) is 11.4 Å². The minimum Gasteiger partial charge on any atom is -0.452 e. The molecule has 0 saturated carbocycles. The van der Waals surface area contributed by atoms with Gasteiger partial charge in [0.15, 0.2) is 6.61 Å². The number of amides is 1. The maximum atomic E-state index is 13.0. The number of esters is 1. The number of rotatable bonds is 5. The van der Waals surface area contributed by atoms with Crippen molar-refractivity contribution >= 4 is 23.3 Å². The van der Waals surface area contributed by atoms with Crippen molar-refractivity contribution in [2.24, 2.45) is 0 Å². The number of carbonyl (C=O) groups is 2. The SMILES string of the molecule is Cc1cccc(C(=O)OCC(=O)N2CCN(c3ccc(F)cc3)CC2)c1[N+](=O)[O-]. The van der Waals surface area contributed by atoms with Crippen LogP contribution in [0.1, 0.15) is 15.9 Å². The highest BCUT2D eigenvalue weighted by atomic mass is 19.1. The average molecular weight is 401 g/mol. The van der Waals surface area contributed by atoms with Gasteiger partial charge >= 0.3 is 5.97 Å². The molecule has 8 nitrogen and oxygen atoms in total. The standard InChI is InChI=1S/C20H20FN3O5/c1-14-3-2-4-17(19(14)24(27)28)20(26)29-13-18(25)23-11-9-22(10-12-23)16-7-5-15(21)6-8-16/h2-8H,9-13H2,1H3. The second-order valence-corrected chi connectivity index (χ2v) is 6.65. The number of anilines is 1. The van der Waals surface area contributed by atoms with E-state index in [4.69, 9.17) is 4.74 Å². The number of hydrogen-bond acceptors (Lipinski definition) is 6. The molecule has 0 spiro atoms. The zero-order valence-electron chi connectivity index (χ0n) is 15.8. The summed E-state index contributed by atoms with van der Waals surface area (Å²) >= 11 is 0. The number of ether oxygens (including phenoxy) is 1. The Labute approximate surface area is 166 Å².